The molecule has 1 aliphatic carbocycles. The van der Waals surface area contributed by atoms with Crippen molar-refractivity contribution in [2.45, 2.75) is 44.7 Å². The topological polar surface area (TPSA) is 132 Å². The van der Waals surface area contributed by atoms with Crippen molar-refractivity contribution < 1.29 is 9.18 Å². The SMILES string of the molecule is Cc1nsc(Nc2nc(N[C@@H]3CCCC[C@@H]3N)cnc2C(N)=O)c1F. The van der Waals surface area contributed by atoms with Gasteiger partial charge in [-0.3, -0.25) is 4.79 Å². The quantitative estimate of drug-likeness (QED) is 0.636. The van der Waals surface area contributed by atoms with Crippen molar-refractivity contribution in [3.8, 4) is 0 Å². The highest BCUT2D eigenvalue weighted by Crippen LogP contribution is 2.27. The molecule has 0 aromatic carbocycles. The fraction of sp³-hybridized carbons (Fsp3) is 0.467. The van der Waals surface area contributed by atoms with Gasteiger partial charge in [-0.25, -0.2) is 14.4 Å². The van der Waals surface area contributed by atoms with Gasteiger partial charge in [0.15, 0.2) is 22.3 Å². The minimum Gasteiger partial charge on any atom is -0.364 e. The first-order valence-electron chi connectivity index (χ1n) is 8.03. The number of aromatic nitrogens is 3. The van der Waals surface area contributed by atoms with E-state index in [1.54, 1.807) is 6.92 Å². The van der Waals surface area contributed by atoms with Gasteiger partial charge in [0.2, 0.25) is 0 Å². The van der Waals surface area contributed by atoms with Crippen molar-refractivity contribution in [3.05, 3.63) is 23.4 Å². The molecule has 25 heavy (non-hydrogen) atoms. The standard InChI is InChI=1S/C15H20FN7OS/c1-7-11(16)15(25-23-7)22-14-12(13(18)24)19-6-10(21-14)20-9-5-3-2-4-8(9)17/h6,8-9H,2-5,17H2,1H3,(H2,18,24)(H2,20,21,22)/t8-,9+/m0/s1. The maximum Gasteiger partial charge on any atom is 0.271 e. The first-order valence-corrected chi connectivity index (χ1v) is 8.81. The molecular weight excluding hydrogens is 345 g/mol. The Kier molecular flexibility index (Phi) is 5.09. The Balaban J connectivity index is 1.86. The molecule has 1 amide bonds. The van der Waals surface area contributed by atoms with Crippen molar-refractivity contribution in [1.29, 1.82) is 0 Å². The fourth-order valence-electron chi connectivity index (χ4n) is 2.80. The number of hydrogen-bond donors (Lipinski definition) is 4. The summed E-state index contributed by atoms with van der Waals surface area (Å²) < 4.78 is 17.9. The molecule has 1 aliphatic rings. The predicted octanol–water partition coefficient (Wildman–Crippen LogP) is 1.90. The summed E-state index contributed by atoms with van der Waals surface area (Å²) >= 11 is 0.937. The number of anilines is 3. The van der Waals surface area contributed by atoms with Crippen LogP contribution in [-0.4, -0.2) is 32.3 Å². The molecule has 134 valence electrons. The Bertz CT molecular complexity index is 781. The van der Waals surface area contributed by atoms with E-state index >= 15 is 0 Å². The van der Waals surface area contributed by atoms with Crippen LogP contribution in [0.2, 0.25) is 0 Å². The van der Waals surface area contributed by atoms with E-state index in [9.17, 15) is 9.18 Å². The number of aryl methyl sites for hydroxylation is 1. The van der Waals surface area contributed by atoms with Crippen LogP contribution in [0, 0.1) is 12.7 Å². The van der Waals surface area contributed by atoms with Crippen LogP contribution in [0.25, 0.3) is 0 Å². The number of nitrogens with one attached hydrogen (secondary N) is 2. The lowest BCUT2D eigenvalue weighted by molar-refractivity contribution is 0.0996. The highest BCUT2D eigenvalue weighted by atomic mass is 32.1. The Morgan fingerprint density at radius 1 is 1.40 bits per heavy atom. The van der Waals surface area contributed by atoms with Crippen LogP contribution < -0.4 is 22.1 Å². The highest BCUT2D eigenvalue weighted by Gasteiger charge is 2.23. The van der Waals surface area contributed by atoms with Crippen LogP contribution >= 0.6 is 11.5 Å². The molecule has 2 heterocycles. The van der Waals surface area contributed by atoms with Crippen molar-refractivity contribution >= 4 is 34.1 Å². The molecule has 0 aliphatic heterocycles. The molecule has 0 spiro atoms. The number of hydrogen-bond acceptors (Lipinski definition) is 8. The molecule has 0 radical (unpaired) electrons. The summed E-state index contributed by atoms with van der Waals surface area (Å²) in [7, 11) is 0. The average molecular weight is 365 g/mol. The Labute approximate surface area is 148 Å². The molecule has 2 aromatic rings. The van der Waals surface area contributed by atoms with Gasteiger partial charge in [-0.1, -0.05) is 12.8 Å². The van der Waals surface area contributed by atoms with Crippen molar-refractivity contribution in [1.82, 2.24) is 14.3 Å². The predicted molar refractivity (Wildman–Crippen MR) is 94.5 cm³/mol. The van der Waals surface area contributed by atoms with Crippen LogP contribution in [0.5, 0.6) is 0 Å². The normalized spacial score (nSPS) is 20.3. The summed E-state index contributed by atoms with van der Waals surface area (Å²) in [6.45, 7) is 1.56. The number of amides is 1. The smallest absolute Gasteiger partial charge is 0.271 e. The molecule has 8 nitrogen and oxygen atoms in total. The molecule has 0 bridgehead atoms. The van der Waals surface area contributed by atoms with Crippen molar-refractivity contribution in [2.24, 2.45) is 11.5 Å². The van der Waals surface area contributed by atoms with E-state index < -0.39 is 11.7 Å². The lowest BCUT2D eigenvalue weighted by Gasteiger charge is -2.29. The number of carbonyl (C=O) groups is 1. The maximum atomic E-state index is 14.0. The Hall–Kier alpha value is -2.33. The van der Waals surface area contributed by atoms with Gasteiger partial charge in [0, 0.05) is 12.1 Å². The molecule has 6 N–H and O–H groups in total. The van der Waals surface area contributed by atoms with Crippen LogP contribution in [0.1, 0.15) is 41.9 Å². The van der Waals surface area contributed by atoms with E-state index in [1.807, 2.05) is 0 Å². The van der Waals surface area contributed by atoms with E-state index in [0.29, 0.717) is 5.82 Å². The summed E-state index contributed by atoms with van der Waals surface area (Å²) in [5.41, 5.74) is 11.7. The first-order chi connectivity index (χ1) is 12.0. The number of nitrogens with two attached hydrogens (primary N) is 2. The second-order valence-electron chi connectivity index (χ2n) is 6.05. The molecule has 0 saturated heterocycles. The van der Waals surface area contributed by atoms with Crippen LogP contribution in [0.4, 0.5) is 21.0 Å². The zero-order chi connectivity index (χ0) is 18.0. The Morgan fingerprint density at radius 2 is 2.16 bits per heavy atom. The summed E-state index contributed by atoms with van der Waals surface area (Å²) in [6.07, 6.45) is 5.52. The second kappa shape index (κ2) is 7.28. The zero-order valence-corrected chi connectivity index (χ0v) is 14.6. The molecule has 2 atom stereocenters. The van der Waals surface area contributed by atoms with Gasteiger partial charge < -0.3 is 22.1 Å². The van der Waals surface area contributed by atoms with E-state index in [1.165, 1.54) is 6.20 Å². The zero-order valence-electron chi connectivity index (χ0n) is 13.8. The molecule has 2 aromatic heterocycles. The van der Waals surface area contributed by atoms with Gasteiger partial charge in [-0.05, 0) is 31.3 Å². The van der Waals surface area contributed by atoms with Crippen LogP contribution in [0.3, 0.4) is 0 Å². The first kappa shape index (κ1) is 17.5. The van der Waals surface area contributed by atoms with E-state index in [0.717, 1.165) is 37.2 Å². The number of carbonyl (C=O) groups excluding carboxylic acids is 1. The molecule has 10 heteroatoms. The minimum absolute atomic E-state index is 0.0318. The minimum atomic E-state index is -0.752. The van der Waals surface area contributed by atoms with Gasteiger partial charge in [0.25, 0.3) is 5.91 Å². The lowest BCUT2D eigenvalue weighted by atomic mass is 9.91. The van der Waals surface area contributed by atoms with Crippen molar-refractivity contribution in [2.75, 3.05) is 10.6 Å². The largest absolute Gasteiger partial charge is 0.364 e. The van der Waals surface area contributed by atoms with Gasteiger partial charge in [-0.15, -0.1) is 0 Å². The summed E-state index contributed by atoms with van der Waals surface area (Å²) in [5.74, 6) is -0.701. The molecule has 1 saturated carbocycles. The van der Waals surface area contributed by atoms with E-state index in [-0.39, 0.29) is 34.3 Å². The summed E-state index contributed by atoms with van der Waals surface area (Å²) in [5, 5.41) is 6.17. The fourth-order valence-corrected chi connectivity index (χ4v) is 3.48. The van der Waals surface area contributed by atoms with Crippen LogP contribution in [0.15, 0.2) is 6.20 Å². The number of primary amides is 1. The number of nitrogens with zero attached hydrogens (tertiary/aromatic N) is 3. The third-order valence-corrected chi connectivity index (χ3v) is 5.01. The van der Waals surface area contributed by atoms with Gasteiger partial charge in [0.1, 0.15) is 5.82 Å². The average Bonchev–Trinajstić information content (AvgIpc) is 2.89. The van der Waals surface area contributed by atoms with Crippen molar-refractivity contribution in [3.63, 3.8) is 0 Å². The van der Waals surface area contributed by atoms with E-state index in [2.05, 4.69) is 25.0 Å². The Morgan fingerprint density at radius 3 is 2.80 bits per heavy atom. The second-order valence-corrected chi connectivity index (χ2v) is 6.83. The summed E-state index contributed by atoms with van der Waals surface area (Å²) in [6, 6.07) is 0.113. The number of rotatable bonds is 5. The monoisotopic (exact) mass is 365 g/mol. The lowest BCUT2D eigenvalue weighted by Crippen LogP contribution is -2.42. The highest BCUT2D eigenvalue weighted by molar-refractivity contribution is 7.10. The van der Waals surface area contributed by atoms with E-state index in [4.69, 9.17) is 11.5 Å². The molecular formula is C15H20FN7OS. The van der Waals surface area contributed by atoms with Gasteiger partial charge in [-0.2, -0.15) is 4.37 Å². The van der Waals surface area contributed by atoms with Gasteiger partial charge >= 0.3 is 0 Å². The summed E-state index contributed by atoms with van der Waals surface area (Å²) in [4.78, 5) is 20.0. The number of halogens is 1. The molecule has 0 unspecified atom stereocenters. The molecule has 3 rings (SSSR count). The van der Waals surface area contributed by atoms with Crippen LogP contribution in [-0.2, 0) is 0 Å². The third-order valence-electron chi connectivity index (χ3n) is 4.18. The molecule has 1 fully saturated rings. The van der Waals surface area contributed by atoms with Gasteiger partial charge in [0.05, 0.1) is 11.9 Å². The maximum absolute atomic E-state index is 14.0. The third kappa shape index (κ3) is 3.85.